The van der Waals surface area contributed by atoms with Crippen LogP contribution in [0.25, 0.3) is 5.76 Å². The summed E-state index contributed by atoms with van der Waals surface area (Å²) in [6.45, 7) is 5.74. The van der Waals surface area contributed by atoms with Crippen molar-refractivity contribution in [2.45, 2.75) is 58.3 Å². The van der Waals surface area contributed by atoms with Crippen LogP contribution in [0.15, 0.2) is 23.9 Å². The molecule has 1 amide bonds. The minimum atomic E-state index is -0.0280. The third-order valence-electron chi connectivity index (χ3n) is 5.48. The molecule has 2 aliphatic heterocycles. The molecular weight excluding hydrogens is 368 g/mol. The van der Waals surface area contributed by atoms with Crippen molar-refractivity contribution >= 4 is 11.7 Å². The van der Waals surface area contributed by atoms with Gasteiger partial charge in [-0.1, -0.05) is 32.6 Å². The Labute approximate surface area is 173 Å². The number of rotatable bonds is 10. The second-order valence-electron chi connectivity index (χ2n) is 7.88. The van der Waals surface area contributed by atoms with Crippen molar-refractivity contribution in [2.75, 3.05) is 32.8 Å². The minimum Gasteiger partial charge on any atom is -0.505 e. The molecule has 0 aliphatic carbocycles. The summed E-state index contributed by atoms with van der Waals surface area (Å²) in [6, 6.07) is 5.40. The maximum atomic E-state index is 12.5. The second kappa shape index (κ2) is 11.1. The van der Waals surface area contributed by atoms with Gasteiger partial charge in [0, 0.05) is 18.5 Å². The van der Waals surface area contributed by atoms with Crippen LogP contribution in [0.3, 0.4) is 0 Å². The van der Waals surface area contributed by atoms with Crippen molar-refractivity contribution < 1.29 is 19.4 Å². The maximum absolute atomic E-state index is 12.5. The van der Waals surface area contributed by atoms with Crippen LogP contribution in [0, 0.1) is 0 Å². The van der Waals surface area contributed by atoms with E-state index in [4.69, 9.17) is 9.47 Å². The number of amides is 1. The molecule has 0 saturated carbocycles. The van der Waals surface area contributed by atoms with E-state index in [0.717, 1.165) is 38.8 Å². The molecule has 1 aromatic rings. The first kappa shape index (κ1) is 21.5. The Kier molecular flexibility index (Phi) is 8.23. The third-order valence-corrected chi connectivity index (χ3v) is 5.48. The molecule has 0 spiro atoms. The highest BCUT2D eigenvalue weighted by molar-refractivity contribution is 5.80. The van der Waals surface area contributed by atoms with Gasteiger partial charge in [0.05, 0.1) is 5.70 Å². The third kappa shape index (κ3) is 6.39. The number of likely N-dealkylation sites (tertiary alicyclic amines) is 1. The Morgan fingerprint density at radius 2 is 1.79 bits per heavy atom. The zero-order valence-corrected chi connectivity index (χ0v) is 17.5. The van der Waals surface area contributed by atoms with Gasteiger partial charge in [0.1, 0.15) is 19.0 Å². The fourth-order valence-electron chi connectivity index (χ4n) is 3.82. The van der Waals surface area contributed by atoms with E-state index in [2.05, 4.69) is 17.1 Å². The lowest BCUT2D eigenvalue weighted by Crippen LogP contribution is -2.32. The van der Waals surface area contributed by atoms with Crippen LogP contribution < -0.4 is 14.8 Å². The smallest absolute Gasteiger partial charge is 0.224 e. The summed E-state index contributed by atoms with van der Waals surface area (Å²) in [4.78, 5) is 14.8. The maximum Gasteiger partial charge on any atom is 0.224 e. The number of aliphatic hydroxyl groups excluding tert-OH is 1. The SMILES string of the molecule is CCCCCCCC(=O)N/C(CN1CCCC1)=C(/O)c1ccc2c(c1)OCCO2. The number of hydrogen-bond acceptors (Lipinski definition) is 5. The average molecular weight is 403 g/mol. The molecule has 0 unspecified atom stereocenters. The summed E-state index contributed by atoms with van der Waals surface area (Å²) in [6.07, 6.45) is 8.33. The number of aliphatic hydroxyl groups is 1. The molecule has 2 N–H and O–H groups in total. The molecule has 0 bridgehead atoms. The molecule has 1 aromatic carbocycles. The molecule has 160 valence electrons. The van der Waals surface area contributed by atoms with E-state index in [-0.39, 0.29) is 11.7 Å². The van der Waals surface area contributed by atoms with Gasteiger partial charge in [-0.3, -0.25) is 9.69 Å². The number of hydrogen-bond donors (Lipinski definition) is 2. The van der Waals surface area contributed by atoms with Gasteiger partial charge in [0.2, 0.25) is 5.91 Å². The number of benzene rings is 1. The van der Waals surface area contributed by atoms with Crippen molar-refractivity contribution in [3.8, 4) is 11.5 Å². The Hall–Kier alpha value is -2.21. The van der Waals surface area contributed by atoms with Gasteiger partial charge < -0.3 is 19.9 Å². The summed E-state index contributed by atoms with van der Waals surface area (Å²) >= 11 is 0. The largest absolute Gasteiger partial charge is 0.505 e. The first-order chi connectivity index (χ1) is 14.2. The zero-order valence-electron chi connectivity index (χ0n) is 17.5. The number of nitrogens with zero attached hydrogens (tertiary/aromatic N) is 1. The van der Waals surface area contributed by atoms with Crippen LogP contribution >= 0.6 is 0 Å². The quantitative estimate of drug-likeness (QED) is 0.452. The Morgan fingerprint density at radius 1 is 1.07 bits per heavy atom. The number of carbonyl (C=O) groups is 1. The van der Waals surface area contributed by atoms with Crippen LogP contribution in [0.5, 0.6) is 11.5 Å². The van der Waals surface area contributed by atoms with Crippen LogP contribution in [0.1, 0.15) is 63.9 Å². The van der Waals surface area contributed by atoms with Gasteiger partial charge in [-0.2, -0.15) is 0 Å². The summed E-state index contributed by atoms with van der Waals surface area (Å²) in [5.41, 5.74) is 1.20. The van der Waals surface area contributed by atoms with E-state index in [1.165, 1.54) is 19.3 Å². The predicted octanol–water partition coefficient (Wildman–Crippen LogP) is 4.26. The van der Waals surface area contributed by atoms with Crippen LogP contribution in [-0.4, -0.2) is 48.8 Å². The van der Waals surface area contributed by atoms with Crippen molar-refractivity contribution in [2.24, 2.45) is 0 Å². The average Bonchev–Trinajstić information content (AvgIpc) is 3.25. The van der Waals surface area contributed by atoms with Crippen LogP contribution in [0.2, 0.25) is 0 Å². The van der Waals surface area contributed by atoms with Crippen molar-refractivity contribution in [3.05, 3.63) is 29.5 Å². The number of nitrogens with one attached hydrogen (secondary N) is 1. The van der Waals surface area contributed by atoms with Gasteiger partial charge in [-0.05, 0) is 50.6 Å². The van der Waals surface area contributed by atoms with Crippen molar-refractivity contribution in [3.63, 3.8) is 0 Å². The van der Waals surface area contributed by atoms with Crippen molar-refractivity contribution in [1.29, 1.82) is 0 Å². The standard InChI is InChI=1S/C23H34N2O4/c1-2-3-4-5-6-9-22(26)24-19(17-25-12-7-8-13-25)23(27)18-10-11-20-21(16-18)29-15-14-28-20/h10-11,16,27H,2-9,12-15,17H2,1H3,(H,24,26)/b23-19+. The molecule has 1 fully saturated rings. The van der Waals surface area contributed by atoms with Gasteiger partial charge in [-0.15, -0.1) is 0 Å². The Morgan fingerprint density at radius 3 is 2.55 bits per heavy atom. The summed E-state index contributed by atoms with van der Waals surface area (Å²) in [5, 5.41) is 14.0. The predicted molar refractivity (Wildman–Crippen MR) is 114 cm³/mol. The van der Waals surface area contributed by atoms with Gasteiger partial charge in [0.25, 0.3) is 0 Å². The highest BCUT2D eigenvalue weighted by Gasteiger charge is 2.20. The second-order valence-corrected chi connectivity index (χ2v) is 7.88. The Balaban J connectivity index is 1.70. The molecule has 6 nitrogen and oxygen atoms in total. The van der Waals surface area contributed by atoms with E-state index in [0.29, 0.717) is 48.9 Å². The highest BCUT2D eigenvalue weighted by atomic mass is 16.6. The molecule has 0 aromatic heterocycles. The molecule has 29 heavy (non-hydrogen) atoms. The summed E-state index contributed by atoms with van der Waals surface area (Å²) in [5.74, 6) is 1.39. The molecule has 0 atom stereocenters. The summed E-state index contributed by atoms with van der Waals surface area (Å²) in [7, 11) is 0. The highest BCUT2D eigenvalue weighted by Crippen LogP contribution is 2.33. The van der Waals surface area contributed by atoms with Crippen LogP contribution in [-0.2, 0) is 4.79 Å². The van der Waals surface area contributed by atoms with E-state index < -0.39 is 0 Å². The number of ether oxygens (including phenoxy) is 2. The fourth-order valence-corrected chi connectivity index (χ4v) is 3.82. The number of carbonyl (C=O) groups excluding carboxylic acids is 1. The minimum absolute atomic E-state index is 0.0280. The lowest BCUT2D eigenvalue weighted by molar-refractivity contribution is -0.120. The molecule has 6 heteroatoms. The number of unbranched alkanes of at least 4 members (excludes halogenated alkanes) is 4. The normalized spacial score (nSPS) is 17.1. The fraction of sp³-hybridized carbons (Fsp3) is 0.609. The first-order valence-corrected chi connectivity index (χ1v) is 11.0. The van der Waals surface area contributed by atoms with Crippen molar-refractivity contribution in [1.82, 2.24) is 10.2 Å². The number of fused-ring (bicyclic) bond motifs is 1. The van der Waals surface area contributed by atoms with Crippen LogP contribution in [0.4, 0.5) is 0 Å². The molecule has 2 heterocycles. The molecular formula is C23H34N2O4. The monoisotopic (exact) mass is 402 g/mol. The summed E-state index contributed by atoms with van der Waals surface area (Å²) < 4.78 is 11.2. The molecule has 3 rings (SSSR count). The topological polar surface area (TPSA) is 71.0 Å². The first-order valence-electron chi connectivity index (χ1n) is 11.0. The van der Waals surface area contributed by atoms with E-state index in [1.54, 1.807) is 6.07 Å². The van der Waals surface area contributed by atoms with Gasteiger partial charge in [-0.25, -0.2) is 0 Å². The van der Waals surface area contributed by atoms with E-state index >= 15 is 0 Å². The Bertz CT molecular complexity index is 711. The zero-order chi connectivity index (χ0) is 20.5. The lowest BCUT2D eigenvalue weighted by atomic mass is 10.1. The van der Waals surface area contributed by atoms with E-state index in [9.17, 15) is 9.90 Å². The lowest BCUT2D eigenvalue weighted by Gasteiger charge is -2.21. The molecule has 1 saturated heterocycles. The molecule has 2 aliphatic rings. The van der Waals surface area contributed by atoms with Gasteiger partial charge in [0.15, 0.2) is 11.5 Å². The molecule has 0 radical (unpaired) electrons. The van der Waals surface area contributed by atoms with E-state index in [1.807, 2.05) is 12.1 Å². The van der Waals surface area contributed by atoms with Gasteiger partial charge >= 0.3 is 0 Å².